The highest BCUT2D eigenvalue weighted by atomic mass is 19.1. The zero-order chi connectivity index (χ0) is 23.9. The van der Waals surface area contributed by atoms with Gasteiger partial charge in [0.15, 0.2) is 23.2 Å². The van der Waals surface area contributed by atoms with E-state index in [2.05, 4.69) is 20.2 Å². The Morgan fingerprint density at radius 3 is 2.44 bits per heavy atom. The Labute approximate surface area is 196 Å². The van der Waals surface area contributed by atoms with Crippen LogP contribution < -0.4 is 9.47 Å². The van der Waals surface area contributed by atoms with E-state index >= 15 is 0 Å². The van der Waals surface area contributed by atoms with Crippen LogP contribution >= 0.6 is 0 Å². The van der Waals surface area contributed by atoms with Crippen LogP contribution in [0.3, 0.4) is 0 Å². The minimum atomic E-state index is -0.465. The number of halogens is 1. The predicted octanol–water partition coefficient (Wildman–Crippen LogP) is 3.71. The fourth-order valence-electron chi connectivity index (χ4n) is 3.35. The van der Waals surface area contributed by atoms with Crippen LogP contribution in [0.2, 0.25) is 0 Å². The quantitative estimate of drug-likeness (QED) is 0.327. The van der Waals surface area contributed by atoms with Gasteiger partial charge in [0.25, 0.3) is 0 Å². The summed E-state index contributed by atoms with van der Waals surface area (Å²) in [6.07, 6.45) is 3.29. The molecule has 4 aromatic rings. The van der Waals surface area contributed by atoms with Gasteiger partial charge in [0.05, 0.1) is 45.0 Å². The average Bonchev–Trinajstić information content (AvgIpc) is 3.31. The molecule has 0 aliphatic rings. The molecule has 3 heterocycles. The van der Waals surface area contributed by atoms with E-state index in [0.717, 1.165) is 5.69 Å². The summed E-state index contributed by atoms with van der Waals surface area (Å²) in [6.45, 7) is 1.11. The molecular weight excluding hydrogens is 441 g/mol. The molecule has 0 aliphatic carbocycles. The maximum absolute atomic E-state index is 14.7. The molecule has 0 aliphatic heterocycles. The number of aromatic nitrogens is 5. The minimum Gasteiger partial charge on any atom is -0.494 e. The largest absolute Gasteiger partial charge is 0.494 e. The molecule has 4 rings (SSSR count). The highest BCUT2D eigenvalue weighted by molar-refractivity contribution is 5.66. The number of ether oxygens (including phenoxy) is 4. The first kappa shape index (κ1) is 23.3. The van der Waals surface area contributed by atoms with E-state index in [4.69, 9.17) is 18.9 Å². The first-order valence-electron chi connectivity index (χ1n) is 10.5. The molecule has 176 valence electrons. The van der Waals surface area contributed by atoms with Crippen molar-refractivity contribution in [2.75, 3.05) is 34.5 Å². The van der Waals surface area contributed by atoms with Gasteiger partial charge in [0.1, 0.15) is 6.61 Å². The van der Waals surface area contributed by atoms with Gasteiger partial charge in [-0.25, -0.2) is 9.37 Å². The van der Waals surface area contributed by atoms with E-state index in [9.17, 15) is 4.39 Å². The van der Waals surface area contributed by atoms with Gasteiger partial charge in [0.2, 0.25) is 5.88 Å². The maximum atomic E-state index is 14.7. The molecular formula is C24H24FN5O4. The molecule has 10 heteroatoms. The van der Waals surface area contributed by atoms with Crippen LogP contribution in [0.15, 0.2) is 54.9 Å². The number of methoxy groups -OCH3 is 3. The van der Waals surface area contributed by atoms with Crippen LogP contribution in [0.1, 0.15) is 5.82 Å². The van der Waals surface area contributed by atoms with Crippen molar-refractivity contribution in [2.24, 2.45) is 0 Å². The molecule has 0 atom stereocenters. The molecule has 1 aromatic carbocycles. The smallest absolute Gasteiger partial charge is 0.213 e. The second-order valence-corrected chi connectivity index (χ2v) is 7.13. The Kier molecular flexibility index (Phi) is 7.41. The van der Waals surface area contributed by atoms with E-state index in [0.29, 0.717) is 47.6 Å². The fourth-order valence-corrected chi connectivity index (χ4v) is 3.35. The lowest BCUT2D eigenvalue weighted by atomic mass is 10.1. The molecule has 34 heavy (non-hydrogen) atoms. The molecule has 9 nitrogen and oxygen atoms in total. The topological polar surface area (TPSA) is 93.4 Å². The van der Waals surface area contributed by atoms with Crippen molar-refractivity contribution < 1.29 is 23.3 Å². The zero-order valence-corrected chi connectivity index (χ0v) is 19.1. The van der Waals surface area contributed by atoms with Crippen LogP contribution in [0.25, 0.3) is 28.3 Å². The standard InChI is InChI=1S/C24H24FN5O4/c1-31-11-12-34-15-21-28-29-24(30(21)17-8-10-22(33-3)27-14-17)16-7-9-19(26-13-16)18-5-4-6-20(32-2)23(18)25/h4-10,13-14H,11-12,15H2,1-3H3. The van der Waals surface area contributed by atoms with Gasteiger partial charge >= 0.3 is 0 Å². The average molecular weight is 465 g/mol. The number of pyridine rings is 2. The SMILES string of the molecule is COCCOCc1nnc(-c2ccc(-c3cccc(OC)c3F)nc2)n1-c1ccc(OC)nc1. The molecule has 0 spiro atoms. The Balaban J connectivity index is 1.70. The second-order valence-electron chi connectivity index (χ2n) is 7.13. The Morgan fingerprint density at radius 2 is 1.76 bits per heavy atom. The van der Waals surface area contributed by atoms with Gasteiger partial charge < -0.3 is 18.9 Å². The molecule has 0 fully saturated rings. The van der Waals surface area contributed by atoms with Gasteiger partial charge in [-0.05, 0) is 30.3 Å². The van der Waals surface area contributed by atoms with Crippen molar-refractivity contribution in [2.45, 2.75) is 6.61 Å². The van der Waals surface area contributed by atoms with E-state index < -0.39 is 5.82 Å². The molecule has 3 aromatic heterocycles. The third-order valence-corrected chi connectivity index (χ3v) is 5.06. The number of nitrogens with zero attached hydrogens (tertiary/aromatic N) is 5. The number of hydrogen-bond acceptors (Lipinski definition) is 8. The van der Waals surface area contributed by atoms with Crippen LogP contribution in [-0.2, 0) is 16.1 Å². The molecule has 0 bridgehead atoms. The van der Waals surface area contributed by atoms with E-state index in [1.54, 1.807) is 56.9 Å². The molecule has 0 N–H and O–H groups in total. The number of rotatable bonds is 10. The van der Waals surface area contributed by atoms with Gasteiger partial charge in [-0.2, -0.15) is 0 Å². The normalized spacial score (nSPS) is 10.9. The molecule has 0 radical (unpaired) electrons. The monoisotopic (exact) mass is 465 g/mol. The summed E-state index contributed by atoms with van der Waals surface area (Å²) in [7, 11) is 4.59. The lowest BCUT2D eigenvalue weighted by Gasteiger charge is -2.12. The summed E-state index contributed by atoms with van der Waals surface area (Å²) in [6, 6.07) is 12.1. The molecule has 0 saturated carbocycles. The number of hydrogen-bond donors (Lipinski definition) is 0. The second kappa shape index (κ2) is 10.8. The lowest BCUT2D eigenvalue weighted by Crippen LogP contribution is -2.08. The summed E-state index contributed by atoms with van der Waals surface area (Å²) in [5.41, 5.74) is 2.24. The maximum Gasteiger partial charge on any atom is 0.213 e. The third-order valence-electron chi connectivity index (χ3n) is 5.06. The van der Waals surface area contributed by atoms with Crippen molar-refractivity contribution in [3.05, 3.63) is 66.5 Å². The first-order chi connectivity index (χ1) is 16.7. The van der Waals surface area contributed by atoms with Gasteiger partial charge in [0, 0.05) is 30.5 Å². The third kappa shape index (κ3) is 4.87. The fraction of sp³-hybridized carbons (Fsp3) is 0.250. The molecule has 0 unspecified atom stereocenters. The lowest BCUT2D eigenvalue weighted by molar-refractivity contribution is 0.0580. The van der Waals surface area contributed by atoms with Crippen molar-refractivity contribution in [1.29, 1.82) is 0 Å². The van der Waals surface area contributed by atoms with Gasteiger partial charge in [-0.15, -0.1) is 10.2 Å². The minimum absolute atomic E-state index is 0.160. The van der Waals surface area contributed by atoms with Crippen molar-refractivity contribution in [1.82, 2.24) is 24.7 Å². The molecule has 0 amide bonds. The van der Waals surface area contributed by atoms with Crippen LogP contribution in [0.4, 0.5) is 4.39 Å². The van der Waals surface area contributed by atoms with Crippen molar-refractivity contribution >= 4 is 0 Å². The van der Waals surface area contributed by atoms with Crippen molar-refractivity contribution in [3.8, 4) is 40.0 Å². The van der Waals surface area contributed by atoms with Gasteiger partial charge in [-0.1, -0.05) is 6.07 Å². The van der Waals surface area contributed by atoms with Gasteiger partial charge in [-0.3, -0.25) is 9.55 Å². The Bertz CT molecular complexity index is 1230. The highest BCUT2D eigenvalue weighted by Crippen LogP contribution is 2.29. The van der Waals surface area contributed by atoms with E-state index in [1.165, 1.54) is 7.11 Å². The Hall–Kier alpha value is -3.89. The first-order valence-corrected chi connectivity index (χ1v) is 10.5. The number of benzene rings is 1. The molecule has 0 saturated heterocycles. The highest BCUT2D eigenvalue weighted by Gasteiger charge is 2.18. The Morgan fingerprint density at radius 1 is 0.882 bits per heavy atom. The summed E-state index contributed by atoms with van der Waals surface area (Å²) in [5.74, 6) is 1.31. The summed E-state index contributed by atoms with van der Waals surface area (Å²) in [5, 5.41) is 8.67. The van der Waals surface area contributed by atoms with Crippen LogP contribution in [0.5, 0.6) is 11.6 Å². The summed E-state index contributed by atoms with van der Waals surface area (Å²) >= 11 is 0. The van der Waals surface area contributed by atoms with Crippen molar-refractivity contribution in [3.63, 3.8) is 0 Å². The van der Waals surface area contributed by atoms with Crippen LogP contribution in [0, 0.1) is 5.82 Å². The van der Waals surface area contributed by atoms with E-state index in [-0.39, 0.29) is 12.4 Å². The summed E-state index contributed by atoms with van der Waals surface area (Å²) in [4.78, 5) is 8.75. The van der Waals surface area contributed by atoms with E-state index in [1.807, 2.05) is 16.7 Å². The summed E-state index contributed by atoms with van der Waals surface area (Å²) < 4.78 is 37.4. The zero-order valence-electron chi connectivity index (χ0n) is 19.1. The predicted molar refractivity (Wildman–Crippen MR) is 122 cm³/mol. The van der Waals surface area contributed by atoms with Crippen LogP contribution in [-0.4, -0.2) is 59.3 Å².